The van der Waals surface area contributed by atoms with Gasteiger partial charge in [0, 0.05) is 5.75 Å². The van der Waals surface area contributed by atoms with E-state index >= 15 is 0 Å². The third-order valence-corrected chi connectivity index (χ3v) is 5.07. The van der Waals surface area contributed by atoms with Crippen LogP contribution in [0.25, 0.3) is 0 Å². The maximum atomic E-state index is 12.9. The standard InChI is InChI=1S/C18H35N5O6S/c1-3-10(2)14(23-15(25)11(20)8-24)17(27)21-12(6-4-5-7-19)16(26)22-13(9-30)18(28)29/h10-14,24,30H,3-9,19-20H2,1-2H3,(H,21,27)(H,22,26)(H,23,25)(H,28,29). The molecule has 0 aliphatic heterocycles. The Bertz CT molecular complexity index is 579. The minimum Gasteiger partial charge on any atom is -0.480 e. The topological polar surface area (TPSA) is 197 Å². The highest BCUT2D eigenvalue weighted by Gasteiger charge is 2.31. The average Bonchev–Trinajstić information content (AvgIpc) is 2.72. The molecule has 0 aromatic carbocycles. The Kier molecular flexibility index (Phi) is 14.0. The molecule has 0 rings (SSSR count). The SMILES string of the molecule is CCC(C)C(NC(=O)C(N)CO)C(=O)NC(CCCCN)C(=O)NC(CS)C(=O)O. The lowest BCUT2D eigenvalue weighted by Gasteiger charge is -2.27. The Morgan fingerprint density at radius 2 is 1.60 bits per heavy atom. The normalized spacial score (nSPS) is 15.9. The number of nitrogens with one attached hydrogen (secondary N) is 3. The molecule has 9 N–H and O–H groups in total. The van der Waals surface area contributed by atoms with Crippen LogP contribution in [0.15, 0.2) is 0 Å². The predicted octanol–water partition coefficient (Wildman–Crippen LogP) is -2.05. The molecule has 3 amide bonds. The number of rotatable bonds is 15. The van der Waals surface area contributed by atoms with Gasteiger partial charge in [-0.1, -0.05) is 20.3 Å². The lowest BCUT2D eigenvalue weighted by molar-refractivity contribution is -0.141. The van der Waals surface area contributed by atoms with Crippen molar-refractivity contribution < 1.29 is 29.4 Å². The quantitative estimate of drug-likeness (QED) is 0.103. The van der Waals surface area contributed by atoms with E-state index in [1.165, 1.54) is 0 Å². The smallest absolute Gasteiger partial charge is 0.327 e. The summed E-state index contributed by atoms with van der Waals surface area (Å²) in [6.45, 7) is 3.41. The number of aliphatic carboxylic acids is 1. The molecule has 5 unspecified atom stereocenters. The number of unbranched alkanes of at least 4 members (excludes halogenated alkanes) is 1. The molecule has 0 aromatic rings. The Hall–Kier alpha value is -1.89. The van der Waals surface area contributed by atoms with Crippen LogP contribution in [0.2, 0.25) is 0 Å². The number of carboxylic acid groups (broad SMARTS) is 1. The van der Waals surface area contributed by atoms with E-state index in [4.69, 9.17) is 21.7 Å². The van der Waals surface area contributed by atoms with E-state index in [2.05, 4.69) is 28.6 Å². The molecule has 0 saturated heterocycles. The van der Waals surface area contributed by atoms with Gasteiger partial charge >= 0.3 is 5.97 Å². The number of hydrogen-bond acceptors (Lipinski definition) is 8. The molecule has 0 aliphatic rings. The number of amides is 3. The molecule has 0 heterocycles. The van der Waals surface area contributed by atoms with Gasteiger partial charge in [-0.3, -0.25) is 14.4 Å². The molecule has 174 valence electrons. The van der Waals surface area contributed by atoms with Crippen LogP contribution in [-0.2, 0) is 19.2 Å². The molecule has 5 atom stereocenters. The Morgan fingerprint density at radius 1 is 1.00 bits per heavy atom. The number of carbonyl (C=O) groups excluding carboxylic acids is 3. The number of nitrogens with two attached hydrogens (primary N) is 2. The number of thiol groups is 1. The van der Waals surface area contributed by atoms with Crippen LogP contribution < -0.4 is 27.4 Å². The van der Waals surface area contributed by atoms with Gasteiger partial charge < -0.3 is 37.6 Å². The fourth-order valence-electron chi connectivity index (χ4n) is 2.53. The summed E-state index contributed by atoms with van der Waals surface area (Å²) in [6.07, 6.45) is 1.94. The third-order valence-electron chi connectivity index (χ3n) is 4.70. The van der Waals surface area contributed by atoms with Crippen LogP contribution in [0, 0.1) is 5.92 Å². The van der Waals surface area contributed by atoms with Crippen molar-refractivity contribution in [3.8, 4) is 0 Å². The van der Waals surface area contributed by atoms with E-state index in [-0.39, 0.29) is 18.1 Å². The summed E-state index contributed by atoms with van der Waals surface area (Å²) < 4.78 is 0. The van der Waals surface area contributed by atoms with Crippen molar-refractivity contribution in [3.63, 3.8) is 0 Å². The largest absolute Gasteiger partial charge is 0.480 e. The average molecular weight is 450 g/mol. The maximum Gasteiger partial charge on any atom is 0.327 e. The molecular formula is C18H35N5O6S. The third kappa shape index (κ3) is 9.74. The van der Waals surface area contributed by atoms with Crippen molar-refractivity contribution in [2.24, 2.45) is 17.4 Å². The molecule has 0 aromatic heterocycles. The lowest BCUT2D eigenvalue weighted by Crippen LogP contribution is -2.59. The summed E-state index contributed by atoms with van der Waals surface area (Å²) in [5.41, 5.74) is 11.0. The van der Waals surface area contributed by atoms with Crippen LogP contribution in [0.5, 0.6) is 0 Å². The fraction of sp³-hybridized carbons (Fsp3) is 0.778. The van der Waals surface area contributed by atoms with E-state index in [1.54, 1.807) is 6.92 Å². The van der Waals surface area contributed by atoms with Gasteiger partial charge in [-0.25, -0.2) is 4.79 Å². The monoisotopic (exact) mass is 449 g/mol. The van der Waals surface area contributed by atoms with Gasteiger partial charge in [-0.15, -0.1) is 0 Å². The molecule has 0 fully saturated rings. The Balaban J connectivity index is 5.41. The van der Waals surface area contributed by atoms with Crippen LogP contribution in [-0.4, -0.2) is 77.0 Å². The molecule has 0 bridgehead atoms. The Labute approximate surface area is 182 Å². The van der Waals surface area contributed by atoms with Gasteiger partial charge in [0.1, 0.15) is 24.2 Å². The highest BCUT2D eigenvalue weighted by atomic mass is 32.1. The van der Waals surface area contributed by atoms with E-state index in [1.807, 2.05) is 6.92 Å². The summed E-state index contributed by atoms with van der Waals surface area (Å²) in [5.74, 6) is -3.60. The fourth-order valence-corrected chi connectivity index (χ4v) is 2.77. The van der Waals surface area contributed by atoms with Gasteiger partial charge in [-0.05, 0) is 31.7 Å². The second kappa shape index (κ2) is 15.0. The van der Waals surface area contributed by atoms with Gasteiger partial charge in [0.25, 0.3) is 0 Å². The molecule has 0 aliphatic carbocycles. The van der Waals surface area contributed by atoms with Crippen molar-refractivity contribution in [2.45, 2.75) is 63.7 Å². The van der Waals surface area contributed by atoms with Gasteiger partial charge in [0.05, 0.1) is 6.61 Å². The maximum absolute atomic E-state index is 12.9. The minimum absolute atomic E-state index is 0.116. The molecule has 30 heavy (non-hydrogen) atoms. The highest BCUT2D eigenvalue weighted by molar-refractivity contribution is 7.80. The van der Waals surface area contributed by atoms with Crippen LogP contribution in [0.1, 0.15) is 39.5 Å². The van der Waals surface area contributed by atoms with Crippen LogP contribution >= 0.6 is 12.6 Å². The van der Waals surface area contributed by atoms with E-state index in [9.17, 15) is 19.2 Å². The van der Waals surface area contributed by atoms with Crippen LogP contribution in [0.4, 0.5) is 0 Å². The zero-order valence-corrected chi connectivity index (χ0v) is 18.4. The number of carboxylic acids is 1. The predicted molar refractivity (Wildman–Crippen MR) is 115 cm³/mol. The summed E-state index contributed by atoms with van der Waals surface area (Å²) >= 11 is 3.91. The summed E-state index contributed by atoms with van der Waals surface area (Å²) in [7, 11) is 0. The zero-order chi connectivity index (χ0) is 23.3. The van der Waals surface area contributed by atoms with Crippen LogP contribution in [0.3, 0.4) is 0 Å². The Morgan fingerprint density at radius 3 is 2.07 bits per heavy atom. The zero-order valence-electron chi connectivity index (χ0n) is 17.5. The van der Waals surface area contributed by atoms with Gasteiger partial charge in [0.15, 0.2) is 0 Å². The highest BCUT2D eigenvalue weighted by Crippen LogP contribution is 2.10. The molecule has 0 radical (unpaired) electrons. The van der Waals surface area contributed by atoms with E-state index in [0.717, 1.165) is 0 Å². The summed E-state index contributed by atoms with van der Waals surface area (Å²) in [6, 6.07) is -4.38. The van der Waals surface area contributed by atoms with Crippen molar-refractivity contribution >= 4 is 36.3 Å². The summed E-state index contributed by atoms with van der Waals surface area (Å²) in [4.78, 5) is 48.7. The molecule has 0 spiro atoms. The van der Waals surface area contributed by atoms with Crippen molar-refractivity contribution in [3.05, 3.63) is 0 Å². The molecule has 12 heteroatoms. The van der Waals surface area contributed by atoms with E-state index in [0.29, 0.717) is 25.8 Å². The second-order valence-corrected chi connectivity index (χ2v) is 7.45. The lowest BCUT2D eigenvalue weighted by atomic mass is 9.97. The number of aliphatic hydroxyl groups excluding tert-OH is 1. The number of carbonyl (C=O) groups is 4. The van der Waals surface area contributed by atoms with Crippen molar-refractivity contribution in [1.29, 1.82) is 0 Å². The number of aliphatic hydroxyl groups is 1. The molecule has 0 saturated carbocycles. The first-order valence-corrected chi connectivity index (χ1v) is 10.6. The number of hydrogen-bond donors (Lipinski definition) is 8. The van der Waals surface area contributed by atoms with Gasteiger partial charge in [-0.2, -0.15) is 12.6 Å². The first kappa shape index (κ1) is 28.1. The second-order valence-electron chi connectivity index (χ2n) is 7.09. The van der Waals surface area contributed by atoms with E-state index < -0.39 is 54.5 Å². The molecule has 11 nitrogen and oxygen atoms in total. The first-order valence-electron chi connectivity index (χ1n) is 9.94. The van der Waals surface area contributed by atoms with Crippen molar-refractivity contribution in [2.75, 3.05) is 18.9 Å². The minimum atomic E-state index is -1.24. The summed E-state index contributed by atoms with van der Waals surface area (Å²) in [5, 5.41) is 25.6. The van der Waals surface area contributed by atoms with Gasteiger partial charge in [0.2, 0.25) is 17.7 Å². The molecular weight excluding hydrogens is 414 g/mol. The van der Waals surface area contributed by atoms with Crippen molar-refractivity contribution in [1.82, 2.24) is 16.0 Å². The first-order chi connectivity index (χ1) is 14.1.